The van der Waals surface area contributed by atoms with Crippen LogP contribution in [0.4, 0.5) is 5.69 Å². The summed E-state index contributed by atoms with van der Waals surface area (Å²) >= 11 is 5.96. The molecule has 130 valence electrons. The molecule has 25 heavy (non-hydrogen) atoms. The van der Waals surface area contributed by atoms with E-state index in [4.69, 9.17) is 16.3 Å². The van der Waals surface area contributed by atoms with Crippen LogP contribution < -0.4 is 9.64 Å². The molecule has 1 fully saturated rings. The van der Waals surface area contributed by atoms with E-state index in [2.05, 4.69) is 0 Å². The number of ether oxygens (including phenoxy) is 1. The number of rotatable bonds is 3. The standard InChI is InChI=1S/C19H19ClN2O3/c1-13-18(23)22(16-6-8-17(25-2)9-7-16)11-10-21(13)19(24)14-4-3-5-15(20)12-14/h3-9,12-13H,10-11H2,1-2H3. The van der Waals surface area contributed by atoms with Gasteiger partial charge in [-0.05, 0) is 49.4 Å². The smallest absolute Gasteiger partial charge is 0.254 e. The Kier molecular flexibility index (Phi) is 4.95. The van der Waals surface area contributed by atoms with Gasteiger partial charge in [0.2, 0.25) is 5.91 Å². The highest BCUT2D eigenvalue weighted by Crippen LogP contribution is 2.24. The van der Waals surface area contributed by atoms with Crippen molar-refractivity contribution in [3.63, 3.8) is 0 Å². The number of methoxy groups -OCH3 is 1. The third-order valence-electron chi connectivity index (χ3n) is 4.37. The fourth-order valence-corrected chi connectivity index (χ4v) is 3.14. The lowest BCUT2D eigenvalue weighted by atomic mass is 10.1. The molecular weight excluding hydrogens is 340 g/mol. The van der Waals surface area contributed by atoms with E-state index in [-0.39, 0.29) is 11.8 Å². The summed E-state index contributed by atoms with van der Waals surface area (Å²) in [6.07, 6.45) is 0. The molecule has 1 heterocycles. The molecule has 0 spiro atoms. The van der Waals surface area contributed by atoms with Crippen molar-refractivity contribution in [2.45, 2.75) is 13.0 Å². The topological polar surface area (TPSA) is 49.9 Å². The predicted octanol–water partition coefficient (Wildman–Crippen LogP) is 3.23. The Bertz CT molecular complexity index is 792. The summed E-state index contributed by atoms with van der Waals surface area (Å²) in [5.41, 5.74) is 1.29. The van der Waals surface area contributed by atoms with Crippen molar-refractivity contribution < 1.29 is 14.3 Å². The highest BCUT2D eigenvalue weighted by atomic mass is 35.5. The molecule has 1 unspecified atom stereocenters. The van der Waals surface area contributed by atoms with E-state index in [0.717, 1.165) is 11.4 Å². The zero-order valence-electron chi connectivity index (χ0n) is 14.1. The molecule has 0 aliphatic carbocycles. The first-order chi connectivity index (χ1) is 12.0. The Morgan fingerprint density at radius 3 is 2.52 bits per heavy atom. The molecule has 1 atom stereocenters. The van der Waals surface area contributed by atoms with Gasteiger partial charge in [-0.3, -0.25) is 9.59 Å². The molecule has 1 aliphatic rings. The van der Waals surface area contributed by atoms with Crippen molar-refractivity contribution in [3.8, 4) is 5.75 Å². The van der Waals surface area contributed by atoms with E-state index >= 15 is 0 Å². The summed E-state index contributed by atoms with van der Waals surface area (Å²) in [6, 6.07) is 13.6. The zero-order valence-corrected chi connectivity index (χ0v) is 14.9. The molecule has 1 aliphatic heterocycles. The second-order valence-electron chi connectivity index (χ2n) is 5.87. The van der Waals surface area contributed by atoms with Gasteiger partial charge in [0.15, 0.2) is 0 Å². The van der Waals surface area contributed by atoms with Crippen LogP contribution in [-0.2, 0) is 4.79 Å². The van der Waals surface area contributed by atoms with E-state index in [0.29, 0.717) is 23.7 Å². The van der Waals surface area contributed by atoms with Gasteiger partial charge in [-0.2, -0.15) is 0 Å². The first kappa shape index (κ1) is 17.3. The lowest BCUT2D eigenvalue weighted by Crippen LogP contribution is -2.57. The molecule has 2 aromatic carbocycles. The zero-order chi connectivity index (χ0) is 18.0. The third kappa shape index (κ3) is 3.46. The van der Waals surface area contributed by atoms with Crippen molar-refractivity contribution in [3.05, 3.63) is 59.1 Å². The van der Waals surface area contributed by atoms with Gasteiger partial charge in [0.1, 0.15) is 11.8 Å². The quantitative estimate of drug-likeness (QED) is 0.846. The van der Waals surface area contributed by atoms with Gasteiger partial charge >= 0.3 is 0 Å². The van der Waals surface area contributed by atoms with E-state index < -0.39 is 6.04 Å². The average molecular weight is 359 g/mol. The Morgan fingerprint density at radius 1 is 1.16 bits per heavy atom. The number of amides is 2. The minimum Gasteiger partial charge on any atom is -0.497 e. The highest BCUT2D eigenvalue weighted by molar-refractivity contribution is 6.31. The maximum Gasteiger partial charge on any atom is 0.254 e. The Morgan fingerprint density at radius 2 is 1.88 bits per heavy atom. The van der Waals surface area contributed by atoms with Gasteiger partial charge < -0.3 is 14.5 Å². The van der Waals surface area contributed by atoms with Crippen LogP contribution in [0.5, 0.6) is 5.75 Å². The van der Waals surface area contributed by atoms with Gasteiger partial charge in [-0.1, -0.05) is 17.7 Å². The fourth-order valence-electron chi connectivity index (χ4n) is 2.95. The van der Waals surface area contributed by atoms with Gasteiger partial charge in [0.05, 0.1) is 7.11 Å². The lowest BCUT2D eigenvalue weighted by molar-refractivity contribution is -0.124. The van der Waals surface area contributed by atoms with Gasteiger partial charge in [-0.15, -0.1) is 0 Å². The first-order valence-corrected chi connectivity index (χ1v) is 8.41. The number of benzene rings is 2. The average Bonchev–Trinajstić information content (AvgIpc) is 2.63. The first-order valence-electron chi connectivity index (χ1n) is 8.03. The number of carbonyl (C=O) groups is 2. The van der Waals surface area contributed by atoms with Crippen molar-refractivity contribution in [2.24, 2.45) is 0 Å². The molecule has 2 amide bonds. The van der Waals surface area contributed by atoms with Crippen LogP contribution in [0.15, 0.2) is 48.5 Å². The van der Waals surface area contributed by atoms with Gasteiger partial charge in [0, 0.05) is 29.4 Å². The minimum absolute atomic E-state index is 0.105. The molecule has 0 radical (unpaired) electrons. The molecule has 1 saturated heterocycles. The molecule has 0 saturated carbocycles. The number of halogens is 1. The van der Waals surface area contributed by atoms with Crippen LogP contribution in [0.3, 0.4) is 0 Å². The number of anilines is 1. The number of piperazine rings is 1. The summed E-state index contributed by atoms with van der Waals surface area (Å²) in [7, 11) is 1.60. The molecule has 0 N–H and O–H groups in total. The monoisotopic (exact) mass is 358 g/mol. The fraction of sp³-hybridized carbons (Fsp3) is 0.263. The minimum atomic E-state index is -0.540. The van der Waals surface area contributed by atoms with E-state index in [1.807, 2.05) is 24.3 Å². The van der Waals surface area contributed by atoms with E-state index in [9.17, 15) is 9.59 Å². The molecule has 0 bridgehead atoms. The van der Waals surface area contributed by atoms with Crippen molar-refractivity contribution in [1.82, 2.24) is 4.90 Å². The van der Waals surface area contributed by atoms with Crippen molar-refractivity contribution in [1.29, 1.82) is 0 Å². The summed E-state index contributed by atoms with van der Waals surface area (Å²) in [5.74, 6) is 0.448. The molecule has 5 nitrogen and oxygen atoms in total. The normalized spacial score (nSPS) is 17.6. The Labute approximate surface area is 151 Å². The number of hydrogen-bond acceptors (Lipinski definition) is 3. The second kappa shape index (κ2) is 7.15. The van der Waals surface area contributed by atoms with Crippen LogP contribution in [0.2, 0.25) is 5.02 Å². The van der Waals surface area contributed by atoms with Crippen LogP contribution in [0.25, 0.3) is 0 Å². The van der Waals surface area contributed by atoms with Crippen LogP contribution in [-0.4, -0.2) is 43.0 Å². The summed E-state index contributed by atoms with van der Waals surface area (Å²) in [5, 5.41) is 0.502. The van der Waals surface area contributed by atoms with Crippen LogP contribution in [0, 0.1) is 0 Å². The summed E-state index contributed by atoms with van der Waals surface area (Å²) in [4.78, 5) is 28.8. The number of carbonyl (C=O) groups excluding carboxylic acids is 2. The maximum absolute atomic E-state index is 12.8. The summed E-state index contributed by atoms with van der Waals surface area (Å²) < 4.78 is 5.14. The predicted molar refractivity (Wildman–Crippen MR) is 97.3 cm³/mol. The molecular formula is C19H19ClN2O3. The number of hydrogen-bond donors (Lipinski definition) is 0. The second-order valence-corrected chi connectivity index (χ2v) is 6.31. The van der Waals surface area contributed by atoms with E-state index in [1.165, 1.54) is 0 Å². The Hall–Kier alpha value is -2.53. The SMILES string of the molecule is COc1ccc(N2CCN(C(=O)c3cccc(Cl)c3)C(C)C2=O)cc1. The summed E-state index contributed by atoms with van der Waals surface area (Å²) in [6.45, 7) is 2.66. The molecule has 3 rings (SSSR count). The van der Waals surface area contributed by atoms with Crippen LogP contribution >= 0.6 is 11.6 Å². The third-order valence-corrected chi connectivity index (χ3v) is 4.61. The highest BCUT2D eigenvalue weighted by Gasteiger charge is 2.35. The van der Waals surface area contributed by atoms with Gasteiger partial charge in [-0.25, -0.2) is 0 Å². The van der Waals surface area contributed by atoms with Crippen molar-refractivity contribution >= 4 is 29.1 Å². The number of nitrogens with zero attached hydrogens (tertiary/aromatic N) is 2. The molecule has 0 aromatic heterocycles. The van der Waals surface area contributed by atoms with E-state index in [1.54, 1.807) is 48.1 Å². The Balaban J connectivity index is 1.77. The molecule has 6 heteroatoms. The largest absolute Gasteiger partial charge is 0.497 e. The lowest BCUT2D eigenvalue weighted by Gasteiger charge is -2.39. The molecule has 2 aromatic rings. The van der Waals surface area contributed by atoms with Gasteiger partial charge in [0.25, 0.3) is 5.91 Å². The van der Waals surface area contributed by atoms with Crippen LogP contribution in [0.1, 0.15) is 17.3 Å². The maximum atomic E-state index is 12.8. The van der Waals surface area contributed by atoms with Crippen molar-refractivity contribution in [2.75, 3.05) is 25.1 Å².